The van der Waals surface area contributed by atoms with E-state index in [1.807, 2.05) is 17.0 Å². The minimum Gasteiger partial charge on any atom is -0.447 e. The van der Waals surface area contributed by atoms with Gasteiger partial charge in [-0.15, -0.1) is 0 Å². The zero-order valence-corrected chi connectivity index (χ0v) is 16.3. The third kappa shape index (κ3) is 4.63. The highest BCUT2D eigenvalue weighted by Gasteiger charge is 2.24. The van der Waals surface area contributed by atoms with Gasteiger partial charge in [-0.1, -0.05) is 18.2 Å². The van der Waals surface area contributed by atoms with E-state index in [9.17, 15) is 14.9 Å². The Labute approximate surface area is 169 Å². The van der Waals surface area contributed by atoms with Gasteiger partial charge in [0.1, 0.15) is 6.26 Å². The summed E-state index contributed by atoms with van der Waals surface area (Å²) in [6.07, 6.45) is 3.56. The number of piperazine rings is 1. The van der Waals surface area contributed by atoms with Gasteiger partial charge in [-0.05, 0) is 12.8 Å². The number of nitrogens with zero attached hydrogens (tertiary/aromatic N) is 5. The lowest BCUT2D eigenvalue weighted by Gasteiger charge is -2.33. The molecule has 2 saturated heterocycles. The van der Waals surface area contributed by atoms with Gasteiger partial charge in [0.05, 0.1) is 11.5 Å². The molecule has 9 heteroatoms. The summed E-state index contributed by atoms with van der Waals surface area (Å²) in [4.78, 5) is 33.9. The lowest BCUT2D eigenvalue weighted by atomic mass is 10.1. The number of rotatable bonds is 6. The zero-order chi connectivity index (χ0) is 20.2. The number of nitro benzene ring substituents is 1. The SMILES string of the molecule is O=C(c1coc(CN2CCN(Cc3ccccc3[N+](=O)[O-])CC2)n1)N1CCCC1. The van der Waals surface area contributed by atoms with E-state index in [4.69, 9.17) is 4.42 Å². The molecule has 1 aromatic heterocycles. The number of hydrogen-bond acceptors (Lipinski definition) is 7. The minimum absolute atomic E-state index is 0.0493. The molecule has 1 amide bonds. The molecule has 4 rings (SSSR count). The van der Waals surface area contributed by atoms with Crippen molar-refractivity contribution in [2.45, 2.75) is 25.9 Å². The van der Waals surface area contributed by atoms with Crippen molar-refractivity contribution >= 4 is 11.6 Å². The highest BCUT2D eigenvalue weighted by Crippen LogP contribution is 2.20. The number of para-hydroxylation sites is 1. The van der Waals surface area contributed by atoms with Crippen LogP contribution in [0.5, 0.6) is 0 Å². The van der Waals surface area contributed by atoms with Crippen molar-refractivity contribution in [2.75, 3.05) is 39.3 Å². The number of benzene rings is 1. The molecule has 2 fully saturated rings. The van der Waals surface area contributed by atoms with Crippen molar-refractivity contribution in [2.24, 2.45) is 0 Å². The monoisotopic (exact) mass is 399 g/mol. The number of nitro groups is 1. The van der Waals surface area contributed by atoms with Gasteiger partial charge in [0.25, 0.3) is 11.6 Å². The van der Waals surface area contributed by atoms with E-state index in [2.05, 4.69) is 14.8 Å². The van der Waals surface area contributed by atoms with Gasteiger partial charge < -0.3 is 9.32 Å². The average molecular weight is 399 g/mol. The van der Waals surface area contributed by atoms with Crippen LogP contribution in [-0.2, 0) is 13.1 Å². The Kier molecular flexibility index (Phi) is 5.86. The predicted octanol–water partition coefficient (Wildman–Crippen LogP) is 2.14. The summed E-state index contributed by atoms with van der Waals surface area (Å²) in [5.41, 5.74) is 1.30. The van der Waals surface area contributed by atoms with Gasteiger partial charge in [-0.25, -0.2) is 4.98 Å². The fourth-order valence-electron chi connectivity index (χ4n) is 3.92. The smallest absolute Gasteiger partial charge is 0.275 e. The van der Waals surface area contributed by atoms with Crippen molar-refractivity contribution < 1.29 is 14.1 Å². The number of aromatic nitrogens is 1. The fraction of sp³-hybridized carbons (Fsp3) is 0.500. The summed E-state index contributed by atoms with van der Waals surface area (Å²) < 4.78 is 5.52. The zero-order valence-electron chi connectivity index (χ0n) is 16.3. The van der Waals surface area contributed by atoms with Gasteiger partial charge in [0.15, 0.2) is 5.69 Å². The Bertz CT molecular complexity index is 869. The van der Waals surface area contributed by atoms with Crippen LogP contribution in [0, 0.1) is 10.1 Å². The molecular formula is C20H25N5O4. The van der Waals surface area contributed by atoms with Crippen LogP contribution in [0.2, 0.25) is 0 Å². The first-order chi connectivity index (χ1) is 14.1. The van der Waals surface area contributed by atoms with E-state index in [-0.39, 0.29) is 16.5 Å². The summed E-state index contributed by atoms with van der Waals surface area (Å²) in [5, 5.41) is 11.2. The number of amides is 1. The maximum atomic E-state index is 12.4. The quantitative estimate of drug-likeness (QED) is 0.542. The normalized spacial score (nSPS) is 18.3. The van der Waals surface area contributed by atoms with E-state index in [0.29, 0.717) is 24.7 Å². The standard InChI is InChI=1S/C20H25N5O4/c26-20(24-7-3-4-8-24)17-15-29-19(21-17)14-23-11-9-22(10-12-23)13-16-5-1-2-6-18(16)25(27)28/h1-2,5-6,15H,3-4,7-14H2. The molecule has 3 heterocycles. The van der Waals surface area contributed by atoms with E-state index in [1.54, 1.807) is 12.1 Å². The van der Waals surface area contributed by atoms with Gasteiger partial charge in [0.2, 0.25) is 5.89 Å². The first-order valence-corrected chi connectivity index (χ1v) is 10.0. The Hall–Kier alpha value is -2.78. The van der Waals surface area contributed by atoms with Crippen LogP contribution in [-0.4, -0.2) is 69.8 Å². The summed E-state index contributed by atoms with van der Waals surface area (Å²) >= 11 is 0. The van der Waals surface area contributed by atoms with E-state index in [1.165, 1.54) is 6.26 Å². The maximum Gasteiger partial charge on any atom is 0.275 e. The largest absolute Gasteiger partial charge is 0.447 e. The first-order valence-electron chi connectivity index (χ1n) is 10.0. The molecule has 0 bridgehead atoms. The molecule has 0 atom stereocenters. The molecule has 154 valence electrons. The maximum absolute atomic E-state index is 12.4. The Morgan fingerprint density at radius 3 is 2.38 bits per heavy atom. The van der Waals surface area contributed by atoms with Crippen molar-refractivity contribution in [1.29, 1.82) is 0 Å². The molecule has 2 aromatic rings. The first kappa shape index (κ1) is 19.5. The molecule has 0 saturated carbocycles. The van der Waals surface area contributed by atoms with Crippen LogP contribution in [0.25, 0.3) is 0 Å². The number of hydrogen-bond donors (Lipinski definition) is 0. The van der Waals surface area contributed by atoms with Crippen LogP contribution in [0.1, 0.15) is 34.8 Å². The number of carbonyl (C=O) groups is 1. The summed E-state index contributed by atoms with van der Waals surface area (Å²) in [6.45, 7) is 5.98. The van der Waals surface area contributed by atoms with Crippen LogP contribution in [0.3, 0.4) is 0 Å². The minimum atomic E-state index is -0.324. The van der Waals surface area contributed by atoms with Gasteiger partial charge in [-0.2, -0.15) is 0 Å². The van der Waals surface area contributed by atoms with Crippen molar-refractivity contribution in [3.63, 3.8) is 0 Å². The van der Waals surface area contributed by atoms with Crippen LogP contribution in [0.15, 0.2) is 34.9 Å². The lowest BCUT2D eigenvalue weighted by molar-refractivity contribution is -0.385. The van der Waals surface area contributed by atoms with Crippen LogP contribution >= 0.6 is 0 Å². The Morgan fingerprint density at radius 2 is 1.69 bits per heavy atom. The number of carbonyl (C=O) groups excluding carboxylic acids is 1. The molecule has 0 radical (unpaired) electrons. The predicted molar refractivity (Wildman–Crippen MR) is 105 cm³/mol. The highest BCUT2D eigenvalue weighted by molar-refractivity contribution is 5.92. The van der Waals surface area contributed by atoms with Crippen LogP contribution < -0.4 is 0 Å². The Morgan fingerprint density at radius 1 is 1.03 bits per heavy atom. The van der Waals surface area contributed by atoms with E-state index < -0.39 is 0 Å². The van der Waals surface area contributed by atoms with Crippen molar-refractivity contribution in [3.05, 3.63) is 57.8 Å². The molecule has 0 N–H and O–H groups in total. The molecular weight excluding hydrogens is 374 g/mol. The summed E-state index contributed by atoms with van der Waals surface area (Å²) in [7, 11) is 0. The molecule has 29 heavy (non-hydrogen) atoms. The third-order valence-corrected chi connectivity index (χ3v) is 5.57. The topological polar surface area (TPSA) is 96.0 Å². The number of oxazole rings is 1. The number of likely N-dealkylation sites (tertiary alicyclic amines) is 1. The average Bonchev–Trinajstić information content (AvgIpc) is 3.41. The third-order valence-electron chi connectivity index (χ3n) is 5.57. The molecule has 2 aliphatic rings. The second-order valence-corrected chi connectivity index (χ2v) is 7.56. The van der Waals surface area contributed by atoms with Crippen molar-refractivity contribution in [3.8, 4) is 0 Å². The second kappa shape index (κ2) is 8.71. The van der Waals surface area contributed by atoms with Gasteiger partial charge in [-0.3, -0.25) is 24.7 Å². The van der Waals surface area contributed by atoms with E-state index in [0.717, 1.165) is 57.7 Å². The molecule has 0 spiro atoms. The fourth-order valence-corrected chi connectivity index (χ4v) is 3.92. The molecule has 9 nitrogen and oxygen atoms in total. The molecule has 0 aliphatic carbocycles. The summed E-state index contributed by atoms with van der Waals surface area (Å²) in [5.74, 6) is 0.506. The van der Waals surface area contributed by atoms with Gasteiger partial charge >= 0.3 is 0 Å². The van der Waals surface area contributed by atoms with Gasteiger partial charge in [0, 0.05) is 57.4 Å². The Balaban J connectivity index is 1.28. The summed E-state index contributed by atoms with van der Waals surface area (Å²) in [6, 6.07) is 6.90. The molecule has 1 aromatic carbocycles. The van der Waals surface area contributed by atoms with E-state index >= 15 is 0 Å². The highest BCUT2D eigenvalue weighted by atomic mass is 16.6. The van der Waals surface area contributed by atoms with Crippen LogP contribution in [0.4, 0.5) is 5.69 Å². The lowest BCUT2D eigenvalue weighted by Crippen LogP contribution is -2.45. The second-order valence-electron chi connectivity index (χ2n) is 7.56. The molecule has 2 aliphatic heterocycles. The van der Waals surface area contributed by atoms with Crippen molar-refractivity contribution in [1.82, 2.24) is 19.7 Å². The molecule has 0 unspecified atom stereocenters.